The van der Waals surface area contributed by atoms with Crippen molar-refractivity contribution in [3.8, 4) is 0 Å². The summed E-state index contributed by atoms with van der Waals surface area (Å²) in [4.78, 5) is 11.5. The molecule has 0 bridgehead atoms. The van der Waals surface area contributed by atoms with E-state index in [1.165, 1.54) is 70.6 Å². The number of hydrogen-bond acceptors (Lipinski definition) is 2. The lowest BCUT2D eigenvalue weighted by atomic mass is 10.0. The predicted molar refractivity (Wildman–Crippen MR) is 101 cm³/mol. The van der Waals surface area contributed by atoms with Gasteiger partial charge < -0.3 is 4.74 Å². The molecule has 0 fully saturated rings. The van der Waals surface area contributed by atoms with Crippen molar-refractivity contribution >= 4 is 5.97 Å². The molecule has 0 amide bonds. The maximum Gasteiger partial charge on any atom is 0.330 e. The number of hydrogen-bond donors (Lipinski definition) is 0. The molecule has 2 nitrogen and oxygen atoms in total. The van der Waals surface area contributed by atoms with Crippen LogP contribution in [-0.4, -0.2) is 12.6 Å². The minimum atomic E-state index is -0.171. The van der Waals surface area contributed by atoms with Crippen molar-refractivity contribution in [1.29, 1.82) is 0 Å². The molecule has 0 aliphatic heterocycles. The molecule has 0 spiro atoms. The quantitative estimate of drug-likeness (QED) is 0.177. The summed E-state index contributed by atoms with van der Waals surface area (Å²) in [6.07, 6.45) is 19.7. The monoisotopic (exact) mass is 324 g/mol. The van der Waals surface area contributed by atoms with E-state index < -0.39 is 0 Å². The van der Waals surface area contributed by atoms with Crippen molar-refractivity contribution < 1.29 is 9.53 Å². The number of ether oxygens (including phenoxy) is 1. The van der Waals surface area contributed by atoms with Gasteiger partial charge in [-0.2, -0.15) is 0 Å². The van der Waals surface area contributed by atoms with E-state index in [1.54, 1.807) is 6.08 Å². The third kappa shape index (κ3) is 19.2. The van der Waals surface area contributed by atoms with Crippen molar-refractivity contribution in [3.63, 3.8) is 0 Å². The zero-order valence-corrected chi connectivity index (χ0v) is 15.9. The number of allylic oxidation sites excluding steroid dienone is 1. The Hall–Kier alpha value is -0.790. The largest absolute Gasteiger partial charge is 0.463 e. The molecule has 0 N–H and O–H groups in total. The molecule has 0 aliphatic carbocycles. The van der Waals surface area contributed by atoms with Gasteiger partial charge in [0.2, 0.25) is 0 Å². The lowest BCUT2D eigenvalue weighted by molar-refractivity contribution is -0.137. The highest BCUT2D eigenvalue weighted by atomic mass is 16.5. The molecule has 0 aliphatic rings. The lowest BCUT2D eigenvalue weighted by Crippen LogP contribution is -2.02. The first-order valence-electron chi connectivity index (χ1n) is 10.00. The summed E-state index contributed by atoms with van der Waals surface area (Å²) in [6, 6.07) is 0. The molecular formula is C21H40O2. The Kier molecular flexibility index (Phi) is 17.0. The molecule has 0 radical (unpaired) electrons. The van der Waals surface area contributed by atoms with Crippen molar-refractivity contribution in [2.24, 2.45) is 5.92 Å². The molecular weight excluding hydrogens is 284 g/mol. The molecule has 0 aromatic carbocycles. The molecule has 0 rings (SSSR count). The van der Waals surface area contributed by atoms with Crippen LogP contribution >= 0.6 is 0 Å². The van der Waals surface area contributed by atoms with Gasteiger partial charge in [0.05, 0.1) is 6.61 Å². The van der Waals surface area contributed by atoms with Crippen LogP contribution in [0.5, 0.6) is 0 Å². The molecule has 136 valence electrons. The van der Waals surface area contributed by atoms with Gasteiger partial charge in [0, 0.05) is 6.08 Å². The first-order valence-corrected chi connectivity index (χ1v) is 10.00. The fraction of sp³-hybridized carbons (Fsp3) is 0.857. The van der Waals surface area contributed by atoms with Gasteiger partial charge >= 0.3 is 5.97 Å². The van der Waals surface area contributed by atoms with Gasteiger partial charge in [0.15, 0.2) is 0 Å². The van der Waals surface area contributed by atoms with E-state index in [4.69, 9.17) is 4.74 Å². The molecule has 0 aromatic heterocycles. The third-order valence-corrected chi connectivity index (χ3v) is 4.15. The van der Waals surface area contributed by atoms with Crippen LogP contribution in [0.1, 0.15) is 104 Å². The first kappa shape index (κ1) is 22.2. The Morgan fingerprint density at radius 3 is 2.17 bits per heavy atom. The second-order valence-corrected chi connectivity index (χ2v) is 7.08. The summed E-state index contributed by atoms with van der Waals surface area (Å²) >= 11 is 0. The fourth-order valence-electron chi connectivity index (χ4n) is 2.63. The Labute approximate surface area is 145 Å². The average Bonchev–Trinajstić information content (AvgIpc) is 2.52. The van der Waals surface area contributed by atoms with Gasteiger partial charge in [-0.05, 0) is 25.2 Å². The Morgan fingerprint density at radius 2 is 1.48 bits per heavy atom. The highest BCUT2D eigenvalue weighted by Crippen LogP contribution is 2.10. The Morgan fingerprint density at radius 1 is 0.870 bits per heavy atom. The van der Waals surface area contributed by atoms with Crippen molar-refractivity contribution in [3.05, 3.63) is 12.2 Å². The van der Waals surface area contributed by atoms with Gasteiger partial charge in [-0.3, -0.25) is 0 Å². The molecule has 23 heavy (non-hydrogen) atoms. The van der Waals surface area contributed by atoms with Gasteiger partial charge in [-0.1, -0.05) is 91.1 Å². The molecule has 0 aromatic rings. The predicted octanol–water partition coefficient (Wildman–Crippen LogP) is 6.83. The zero-order valence-electron chi connectivity index (χ0n) is 15.9. The van der Waals surface area contributed by atoms with Crippen LogP contribution in [0, 0.1) is 5.92 Å². The fourth-order valence-corrected chi connectivity index (χ4v) is 2.63. The molecule has 0 atom stereocenters. The van der Waals surface area contributed by atoms with Crippen molar-refractivity contribution in [1.82, 2.24) is 0 Å². The summed E-state index contributed by atoms with van der Waals surface area (Å²) in [5.41, 5.74) is 0. The standard InChI is InChI=1S/C21H40O2/c1-4-5-6-7-8-9-12-15-18-21(22)23-19-16-13-10-11-14-17-20(2)3/h15,18,20H,4-14,16-17,19H2,1-3H3. The molecule has 0 unspecified atom stereocenters. The Balaban J connectivity index is 3.28. The van der Waals surface area contributed by atoms with E-state index in [-0.39, 0.29) is 5.97 Å². The third-order valence-electron chi connectivity index (χ3n) is 4.15. The minimum absolute atomic E-state index is 0.171. The highest BCUT2D eigenvalue weighted by molar-refractivity contribution is 5.81. The Bertz CT molecular complexity index is 282. The van der Waals surface area contributed by atoms with Crippen LogP contribution in [0.2, 0.25) is 0 Å². The van der Waals surface area contributed by atoms with Crippen molar-refractivity contribution in [2.45, 2.75) is 104 Å². The van der Waals surface area contributed by atoms with Gasteiger partial charge in [0.25, 0.3) is 0 Å². The van der Waals surface area contributed by atoms with E-state index in [9.17, 15) is 4.79 Å². The maximum absolute atomic E-state index is 11.5. The van der Waals surface area contributed by atoms with E-state index in [0.717, 1.165) is 18.8 Å². The topological polar surface area (TPSA) is 26.3 Å². The molecule has 0 heterocycles. The van der Waals surface area contributed by atoms with E-state index in [1.807, 2.05) is 6.08 Å². The lowest BCUT2D eigenvalue weighted by Gasteiger charge is -2.04. The SMILES string of the molecule is CCCCCCCCC=CC(=O)OCCCCCCCC(C)C. The average molecular weight is 325 g/mol. The van der Waals surface area contributed by atoms with Crippen molar-refractivity contribution in [2.75, 3.05) is 6.61 Å². The number of carbonyl (C=O) groups is 1. The second-order valence-electron chi connectivity index (χ2n) is 7.08. The van der Waals surface area contributed by atoms with Crippen LogP contribution in [0.4, 0.5) is 0 Å². The number of esters is 1. The summed E-state index contributed by atoms with van der Waals surface area (Å²) < 4.78 is 5.22. The van der Waals surface area contributed by atoms with Crippen LogP contribution < -0.4 is 0 Å². The number of carbonyl (C=O) groups excluding carboxylic acids is 1. The van der Waals surface area contributed by atoms with Gasteiger partial charge in [-0.25, -0.2) is 4.79 Å². The zero-order chi connectivity index (χ0) is 17.2. The summed E-state index contributed by atoms with van der Waals surface area (Å²) in [6.45, 7) is 7.37. The summed E-state index contributed by atoms with van der Waals surface area (Å²) in [5.74, 6) is 0.648. The summed E-state index contributed by atoms with van der Waals surface area (Å²) in [7, 11) is 0. The number of unbranched alkanes of at least 4 members (excludes halogenated alkanes) is 10. The van der Waals surface area contributed by atoms with Crippen LogP contribution in [0.25, 0.3) is 0 Å². The normalized spacial score (nSPS) is 11.5. The highest BCUT2D eigenvalue weighted by Gasteiger charge is 1.98. The summed E-state index contributed by atoms with van der Waals surface area (Å²) in [5, 5.41) is 0. The van der Waals surface area contributed by atoms with Gasteiger partial charge in [-0.15, -0.1) is 0 Å². The minimum Gasteiger partial charge on any atom is -0.463 e. The van der Waals surface area contributed by atoms with Crippen LogP contribution in [0.15, 0.2) is 12.2 Å². The molecule has 0 saturated carbocycles. The van der Waals surface area contributed by atoms with Crippen LogP contribution in [-0.2, 0) is 9.53 Å². The second kappa shape index (κ2) is 17.6. The van der Waals surface area contributed by atoms with E-state index >= 15 is 0 Å². The van der Waals surface area contributed by atoms with E-state index in [2.05, 4.69) is 20.8 Å². The van der Waals surface area contributed by atoms with Gasteiger partial charge in [0.1, 0.15) is 0 Å². The first-order chi connectivity index (χ1) is 11.2. The number of rotatable bonds is 16. The smallest absolute Gasteiger partial charge is 0.330 e. The molecule has 2 heteroatoms. The van der Waals surface area contributed by atoms with E-state index in [0.29, 0.717) is 6.61 Å². The maximum atomic E-state index is 11.5. The van der Waals surface area contributed by atoms with Crippen LogP contribution in [0.3, 0.4) is 0 Å². The molecule has 0 saturated heterocycles.